The summed E-state index contributed by atoms with van der Waals surface area (Å²) in [6.07, 6.45) is 2.36. The predicted octanol–water partition coefficient (Wildman–Crippen LogP) is 3.04. The lowest BCUT2D eigenvalue weighted by molar-refractivity contribution is 0.0905. The lowest BCUT2D eigenvalue weighted by Crippen LogP contribution is -2.39. The highest BCUT2D eigenvalue weighted by Crippen LogP contribution is 2.38. The summed E-state index contributed by atoms with van der Waals surface area (Å²) in [5.74, 6) is -0.0459. The van der Waals surface area contributed by atoms with Crippen molar-refractivity contribution in [2.75, 3.05) is 19.8 Å². The molecule has 0 fully saturated rings. The van der Waals surface area contributed by atoms with Crippen LogP contribution in [0, 0.1) is 0 Å². The molecule has 1 aromatic heterocycles. The maximum absolute atomic E-state index is 13.4. The standard InChI is InChI=1S/C27H25N3O5/c28-26(32)17-7-5-16(6-8-17)18-12-22(25-24(13-18)34-9-10-35-25)27(33)30-20(15-31)11-19-14-29-23-4-2-1-3-21(19)23/h1-8,12-14,20,29,31H,9-11,15H2,(H2,28,32)(H,30,33)/t20-/m1/s1. The number of aliphatic hydroxyl groups is 1. The first kappa shape index (κ1) is 22.5. The molecule has 0 unspecified atom stereocenters. The summed E-state index contributed by atoms with van der Waals surface area (Å²) >= 11 is 0. The topological polar surface area (TPSA) is 127 Å². The molecule has 1 aliphatic rings. The second kappa shape index (κ2) is 9.52. The van der Waals surface area contributed by atoms with Gasteiger partial charge >= 0.3 is 0 Å². The minimum Gasteiger partial charge on any atom is -0.486 e. The minimum absolute atomic E-state index is 0.223. The summed E-state index contributed by atoms with van der Waals surface area (Å²) in [7, 11) is 0. The number of fused-ring (bicyclic) bond motifs is 2. The summed E-state index contributed by atoms with van der Waals surface area (Å²) < 4.78 is 11.6. The Morgan fingerprint density at radius 2 is 1.80 bits per heavy atom. The van der Waals surface area contributed by atoms with Crippen LogP contribution < -0.4 is 20.5 Å². The molecule has 8 heteroatoms. The molecule has 8 nitrogen and oxygen atoms in total. The Morgan fingerprint density at radius 3 is 2.57 bits per heavy atom. The van der Waals surface area contributed by atoms with E-state index in [-0.39, 0.29) is 12.5 Å². The largest absolute Gasteiger partial charge is 0.486 e. The lowest BCUT2D eigenvalue weighted by atomic mass is 9.99. The minimum atomic E-state index is -0.510. The molecule has 0 radical (unpaired) electrons. The second-order valence-corrected chi connectivity index (χ2v) is 8.41. The van der Waals surface area contributed by atoms with Gasteiger partial charge < -0.3 is 30.6 Å². The van der Waals surface area contributed by atoms with E-state index in [1.54, 1.807) is 36.4 Å². The van der Waals surface area contributed by atoms with Crippen molar-refractivity contribution in [3.05, 3.63) is 83.6 Å². The number of aromatic amines is 1. The van der Waals surface area contributed by atoms with Crippen LogP contribution >= 0.6 is 0 Å². The number of carbonyl (C=O) groups is 2. The van der Waals surface area contributed by atoms with E-state index in [4.69, 9.17) is 15.2 Å². The average molecular weight is 472 g/mol. The molecular weight excluding hydrogens is 446 g/mol. The fourth-order valence-corrected chi connectivity index (χ4v) is 4.31. The quantitative estimate of drug-likeness (QED) is 0.330. The Hall–Kier alpha value is -4.30. The first-order chi connectivity index (χ1) is 17.0. The van der Waals surface area contributed by atoms with Crippen LogP contribution in [-0.2, 0) is 6.42 Å². The summed E-state index contributed by atoms with van der Waals surface area (Å²) in [6.45, 7) is 0.482. The van der Waals surface area contributed by atoms with Gasteiger partial charge in [-0.3, -0.25) is 9.59 Å². The average Bonchev–Trinajstić information content (AvgIpc) is 3.30. The molecule has 2 heterocycles. The predicted molar refractivity (Wildman–Crippen MR) is 132 cm³/mol. The highest BCUT2D eigenvalue weighted by atomic mass is 16.6. The number of aromatic nitrogens is 1. The molecule has 4 aromatic rings. The molecule has 1 atom stereocenters. The number of ether oxygens (including phenoxy) is 2. The van der Waals surface area contributed by atoms with Crippen LogP contribution in [0.3, 0.4) is 0 Å². The van der Waals surface area contributed by atoms with Gasteiger partial charge in [0, 0.05) is 22.7 Å². The van der Waals surface area contributed by atoms with Crippen molar-refractivity contribution in [2.45, 2.75) is 12.5 Å². The van der Waals surface area contributed by atoms with Gasteiger partial charge in [-0.2, -0.15) is 0 Å². The Kier molecular flexibility index (Phi) is 6.12. The number of primary amides is 1. The maximum atomic E-state index is 13.4. The molecule has 2 amide bonds. The fraction of sp³-hybridized carbons (Fsp3) is 0.185. The Bertz CT molecular complexity index is 1390. The molecule has 0 bridgehead atoms. The van der Waals surface area contributed by atoms with Crippen LogP contribution in [-0.4, -0.2) is 47.8 Å². The summed E-state index contributed by atoms with van der Waals surface area (Å²) in [5.41, 5.74) is 9.58. The number of para-hydroxylation sites is 1. The van der Waals surface area contributed by atoms with Crippen LogP contribution in [0.15, 0.2) is 66.9 Å². The van der Waals surface area contributed by atoms with E-state index in [0.29, 0.717) is 42.3 Å². The number of carbonyl (C=O) groups excluding carboxylic acids is 2. The summed E-state index contributed by atoms with van der Waals surface area (Å²) in [4.78, 5) is 28.0. The van der Waals surface area contributed by atoms with E-state index in [9.17, 15) is 14.7 Å². The van der Waals surface area contributed by atoms with E-state index in [0.717, 1.165) is 27.6 Å². The Morgan fingerprint density at radius 1 is 1.03 bits per heavy atom. The van der Waals surface area contributed by atoms with Gasteiger partial charge in [0.2, 0.25) is 5.91 Å². The number of amides is 2. The van der Waals surface area contributed by atoms with Gasteiger partial charge in [-0.15, -0.1) is 0 Å². The number of benzene rings is 3. The second-order valence-electron chi connectivity index (χ2n) is 8.41. The normalized spacial score (nSPS) is 13.4. The number of H-pyrrole nitrogens is 1. The van der Waals surface area contributed by atoms with Crippen LogP contribution in [0.1, 0.15) is 26.3 Å². The maximum Gasteiger partial charge on any atom is 0.255 e. The van der Waals surface area contributed by atoms with E-state index in [2.05, 4.69) is 10.3 Å². The Balaban J connectivity index is 1.43. The monoisotopic (exact) mass is 471 g/mol. The van der Waals surface area contributed by atoms with Crippen LogP contribution in [0.5, 0.6) is 11.5 Å². The van der Waals surface area contributed by atoms with Crippen molar-refractivity contribution < 1.29 is 24.2 Å². The molecule has 0 saturated carbocycles. The fourth-order valence-electron chi connectivity index (χ4n) is 4.31. The van der Waals surface area contributed by atoms with Gasteiger partial charge in [-0.05, 0) is 53.4 Å². The van der Waals surface area contributed by atoms with Crippen molar-refractivity contribution in [3.8, 4) is 22.6 Å². The van der Waals surface area contributed by atoms with Crippen LogP contribution in [0.4, 0.5) is 0 Å². The van der Waals surface area contributed by atoms with Gasteiger partial charge in [-0.1, -0.05) is 30.3 Å². The van der Waals surface area contributed by atoms with E-state index in [1.807, 2.05) is 30.5 Å². The van der Waals surface area contributed by atoms with Crippen molar-refractivity contribution in [3.63, 3.8) is 0 Å². The molecule has 5 rings (SSSR count). The molecule has 3 aromatic carbocycles. The number of nitrogens with two attached hydrogens (primary N) is 1. The van der Waals surface area contributed by atoms with Crippen LogP contribution in [0.25, 0.3) is 22.0 Å². The number of rotatable bonds is 7. The third kappa shape index (κ3) is 4.56. The highest BCUT2D eigenvalue weighted by molar-refractivity contribution is 6.00. The molecule has 0 saturated heterocycles. The zero-order valence-corrected chi connectivity index (χ0v) is 18.9. The van der Waals surface area contributed by atoms with Gasteiger partial charge in [0.05, 0.1) is 18.2 Å². The highest BCUT2D eigenvalue weighted by Gasteiger charge is 2.25. The smallest absolute Gasteiger partial charge is 0.255 e. The van der Waals surface area contributed by atoms with Gasteiger partial charge in [0.25, 0.3) is 5.91 Å². The third-order valence-electron chi connectivity index (χ3n) is 6.09. The SMILES string of the molecule is NC(=O)c1ccc(-c2cc3c(c(C(=O)N[C@@H](CO)Cc4c[nH]c5ccccc45)c2)OCCO3)cc1. The number of hydrogen-bond acceptors (Lipinski definition) is 5. The van der Waals surface area contributed by atoms with E-state index >= 15 is 0 Å². The van der Waals surface area contributed by atoms with Crippen molar-refractivity contribution >= 4 is 22.7 Å². The van der Waals surface area contributed by atoms with Crippen molar-refractivity contribution in [1.29, 1.82) is 0 Å². The van der Waals surface area contributed by atoms with Crippen molar-refractivity contribution in [2.24, 2.45) is 5.73 Å². The van der Waals surface area contributed by atoms with Crippen LogP contribution in [0.2, 0.25) is 0 Å². The number of nitrogens with one attached hydrogen (secondary N) is 2. The van der Waals surface area contributed by atoms with Gasteiger partial charge in [-0.25, -0.2) is 0 Å². The third-order valence-corrected chi connectivity index (χ3v) is 6.09. The molecule has 35 heavy (non-hydrogen) atoms. The molecule has 178 valence electrons. The molecular formula is C27H25N3O5. The molecule has 1 aliphatic heterocycles. The molecule has 0 spiro atoms. The van der Waals surface area contributed by atoms with E-state index in [1.165, 1.54) is 0 Å². The first-order valence-corrected chi connectivity index (χ1v) is 11.3. The zero-order chi connectivity index (χ0) is 24.4. The number of aliphatic hydroxyl groups excluding tert-OH is 1. The summed E-state index contributed by atoms with van der Waals surface area (Å²) in [6, 6.07) is 17.7. The lowest BCUT2D eigenvalue weighted by Gasteiger charge is -2.23. The van der Waals surface area contributed by atoms with Gasteiger partial charge in [0.15, 0.2) is 11.5 Å². The van der Waals surface area contributed by atoms with Crippen molar-refractivity contribution in [1.82, 2.24) is 10.3 Å². The zero-order valence-electron chi connectivity index (χ0n) is 18.9. The summed E-state index contributed by atoms with van der Waals surface area (Å²) in [5, 5.41) is 14.0. The Labute approximate surface area is 201 Å². The molecule has 0 aliphatic carbocycles. The number of hydrogen-bond donors (Lipinski definition) is 4. The van der Waals surface area contributed by atoms with Gasteiger partial charge in [0.1, 0.15) is 13.2 Å². The van der Waals surface area contributed by atoms with E-state index < -0.39 is 11.9 Å². The molecule has 5 N–H and O–H groups in total. The first-order valence-electron chi connectivity index (χ1n) is 11.3.